The molecule has 0 aromatic heterocycles. The van der Waals surface area contributed by atoms with Crippen LogP contribution in [0.25, 0.3) is 0 Å². The summed E-state index contributed by atoms with van der Waals surface area (Å²) >= 11 is 3.08. The van der Waals surface area contributed by atoms with Crippen LogP contribution in [0.4, 0.5) is 4.39 Å². The van der Waals surface area contributed by atoms with E-state index in [9.17, 15) is 9.50 Å². The van der Waals surface area contributed by atoms with Crippen LogP contribution in [0.15, 0.2) is 22.7 Å². The van der Waals surface area contributed by atoms with Crippen molar-refractivity contribution in [2.45, 2.75) is 6.61 Å². The van der Waals surface area contributed by atoms with Crippen molar-refractivity contribution in [3.05, 3.63) is 34.1 Å². The fourth-order valence-electron chi connectivity index (χ4n) is 0.639. The van der Waals surface area contributed by atoms with Crippen molar-refractivity contribution in [1.82, 2.24) is 0 Å². The standard InChI is InChI=1S/C7H5BrFO/c8-6-2-1-5(4-10)7(9)3-6/h1-3H,4H2. The third kappa shape index (κ3) is 1.55. The third-order valence-electron chi connectivity index (χ3n) is 1.17. The first-order valence-corrected chi connectivity index (χ1v) is 3.55. The largest absolute Gasteiger partial charge is 0.231 e. The lowest BCUT2D eigenvalue weighted by Gasteiger charge is -1.96. The minimum atomic E-state index is -0.501. The number of rotatable bonds is 1. The Morgan fingerprint density at radius 3 is 2.70 bits per heavy atom. The summed E-state index contributed by atoms with van der Waals surface area (Å²) < 4.78 is 13.3. The van der Waals surface area contributed by atoms with Crippen molar-refractivity contribution in [3.8, 4) is 0 Å². The summed E-state index contributed by atoms with van der Waals surface area (Å²) in [4.78, 5) is 0. The van der Waals surface area contributed by atoms with Gasteiger partial charge >= 0.3 is 0 Å². The van der Waals surface area contributed by atoms with E-state index in [1.807, 2.05) is 0 Å². The molecule has 53 valence electrons. The number of halogens is 2. The number of hydrogen-bond donors (Lipinski definition) is 0. The van der Waals surface area contributed by atoms with E-state index in [0.29, 0.717) is 4.47 Å². The van der Waals surface area contributed by atoms with E-state index in [2.05, 4.69) is 15.9 Å². The van der Waals surface area contributed by atoms with E-state index < -0.39 is 12.4 Å². The Bertz CT molecular complexity index is 237. The molecule has 0 bridgehead atoms. The zero-order valence-corrected chi connectivity index (χ0v) is 6.69. The van der Waals surface area contributed by atoms with Crippen molar-refractivity contribution in [2.24, 2.45) is 0 Å². The second kappa shape index (κ2) is 3.12. The van der Waals surface area contributed by atoms with E-state index in [1.54, 1.807) is 6.07 Å². The molecular weight excluding hydrogens is 199 g/mol. The van der Waals surface area contributed by atoms with Gasteiger partial charge in [-0.15, -0.1) is 0 Å². The van der Waals surface area contributed by atoms with Gasteiger partial charge in [0.25, 0.3) is 0 Å². The van der Waals surface area contributed by atoms with Crippen LogP contribution in [0.3, 0.4) is 0 Å². The highest BCUT2D eigenvalue weighted by Crippen LogP contribution is 2.14. The summed E-state index contributed by atoms with van der Waals surface area (Å²) in [5, 5.41) is 10.2. The Labute approximate surface area is 66.6 Å². The maximum Gasteiger partial charge on any atom is 0.129 e. The maximum absolute atomic E-state index is 12.6. The van der Waals surface area contributed by atoms with E-state index in [4.69, 9.17) is 0 Å². The molecule has 0 saturated carbocycles. The lowest BCUT2D eigenvalue weighted by molar-refractivity contribution is 0.174. The van der Waals surface area contributed by atoms with Crippen LogP contribution in [0.2, 0.25) is 0 Å². The minimum absolute atomic E-state index is 0.211. The third-order valence-corrected chi connectivity index (χ3v) is 1.66. The van der Waals surface area contributed by atoms with Crippen molar-refractivity contribution >= 4 is 15.9 Å². The van der Waals surface area contributed by atoms with E-state index in [0.717, 1.165) is 0 Å². The normalized spacial score (nSPS) is 9.90. The van der Waals surface area contributed by atoms with Gasteiger partial charge in [0.1, 0.15) is 12.4 Å². The molecule has 0 amide bonds. The quantitative estimate of drug-likeness (QED) is 0.669. The molecule has 0 unspecified atom stereocenters. The average Bonchev–Trinajstić information content (AvgIpc) is 1.88. The number of hydrogen-bond acceptors (Lipinski definition) is 0. The lowest BCUT2D eigenvalue weighted by Crippen LogP contribution is -1.86. The second-order valence-corrected chi connectivity index (χ2v) is 2.80. The molecule has 10 heavy (non-hydrogen) atoms. The van der Waals surface area contributed by atoms with Crippen LogP contribution in [-0.4, -0.2) is 0 Å². The van der Waals surface area contributed by atoms with Crippen molar-refractivity contribution in [2.75, 3.05) is 0 Å². The van der Waals surface area contributed by atoms with Crippen LogP contribution in [0.1, 0.15) is 5.56 Å². The second-order valence-electron chi connectivity index (χ2n) is 1.88. The summed E-state index contributed by atoms with van der Waals surface area (Å²) in [5.41, 5.74) is 0.211. The van der Waals surface area contributed by atoms with Gasteiger partial charge in [0.2, 0.25) is 0 Å². The summed E-state index contributed by atoms with van der Waals surface area (Å²) in [5.74, 6) is -0.440. The molecule has 1 radical (unpaired) electrons. The average molecular weight is 204 g/mol. The van der Waals surface area contributed by atoms with Crippen LogP contribution in [-0.2, 0) is 11.7 Å². The molecule has 0 N–H and O–H groups in total. The zero-order valence-electron chi connectivity index (χ0n) is 5.10. The SMILES string of the molecule is [O]Cc1ccc(Br)cc1F. The molecule has 1 aromatic carbocycles. The van der Waals surface area contributed by atoms with Gasteiger partial charge in [-0.2, -0.15) is 0 Å². The first-order valence-electron chi connectivity index (χ1n) is 2.76. The van der Waals surface area contributed by atoms with E-state index in [1.165, 1.54) is 12.1 Å². The predicted octanol–water partition coefficient (Wildman–Crippen LogP) is 2.52. The lowest BCUT2D eigenvalue weighted by atomic mass is 10.2. The van der Waals surface area contributed by atoms with Gasteiger partial charge in [-0.25, -0.2) is 9.50 Å². The molecule has 1 rings (SSSR count). The highest BCUT2D eigenvalue weighted by molar-refractivity contribution is 9.10. The highest BCUT2D eigenvalue weighted by Gasteiger charge is 1.99. The minimum Gasteiger partial charge on any atom is -0.231 e. The molecule has 0 fully saturated rings. The topological polar surface area (TPSA) is 19.9 Å². The molecular formula is C7H5BrFO. The summed E-state index contributed by atoms with van der Waals surface area (Å²) in [6.45, 7) is -0.501. The maximum atomic E-state index is 12.6. The Balaban J connectivity index is 3.07. The molecule has 0 spiro atoms. The summed E-state index contributed by atoms with van der Waals surface area (Å²) in [6.07, 6.45) is 0. The molecule has 0 aliphatic heterocycles. The fraction of sp³-hybridized carbons (Fsp3) is 0.143. The highest BCUT2D eigenvalue weighted by atomic mass is 79.9. The first-order chi connectivity index (χ1) is 4.74. The van der Waals surface area contributed by atoms with Crippen LogP contribution in [0.5, 0.6) is 0 Å². The summed E-state index contributed by atoms with van der Waals surface area (Å²) in [6, 6.07) is 4.41. The Morgan fingerprint density at radius 2 is 2.20 bits per heavy atom. The van der Waals surface area contributed by atoms with Crippen LogP contribution < -0.4 is 0 Å². The summed E-state index contributed by atoms with van der Waals surface area (Å²) in [7, 11) is 0. The van der Waals surface area contributed by atoms with Gasteiger partial charge < -0.3 is 0 Å². The van der Waals surface area contributed by atoms with Crippen LogP contribution in [0, 0.1) is 5.82 Å². The monoisotopic (exact) mass is 203 g/mol. The van der Waals surface area contributed by atoms with Crippen molar-refractivity contribution in [1.29, 1.82) is 0 Å². The van der Waals surface area contributed by atoms with Crippen LogP contribution >= 0.6 is 15.9 Å². The van der Waals surface area contributed by atoms with Gasteiger partial charge in [0.15, 0.2) is 0 Å². The molecule has 0 saturated heterocycles. The smallest absolute Gasteiger partial charge is 0.129 e. The molecule has 0 atom stereocenters. The zero-order chi connectivity index (χ0) is 7.56. The van der Waals surface area contributed by atoms with Gasteiger partial charge in [-0.1, -0.05) is 22.0 Å². The Hall–Kier alpha value is -0.410. The first kappa shape index (κ1) is 7.69. The Kier molecular flexibility index (Phi) is 2.40. The van der Waals surface area contributed by atoms with Gasteiger partial charge in [0.05, 0.1) is 0 Å². The fourth-order valence-corrected chi connectivity index (χ4v) is 0.972. The van der Waals surface area contributed by atoms with E-state index >= 15 is 0 Å². The predicted molar refractivity (Wildman–Crippen MR) is 38.5 cm³/mol. The molecule has 0 aliphatic carbocycles. The van der Waals surface area contributed by atoms with Crippen molar-refractivity contribution < 1.29 is 9.50 Å². The van der Waals surface area contributed by atoms with Crippen molar-refractivity contribution in [3.63, 3.8) is 0 Å². The number of benzene rings is 1. The molecule has 1 aromatic rings. The van der Waals surface area contributed by atoms with E-state index in [-0.39, 0.29) is 5.56 Å². The van der Waals surface area contributed by atoms with Gasteiger partial charge in [0, 0.05) is 10.0 Å². The van der Waals surface area contributed by atoms with Gasteiger partial charge in [-0.05, 0) is 12.1 Å². The molecule has 1 nitrogen and oxygen atoms in total. The molecule has 0 aliphatic rings. The van der Waals surface area contributed by atoms with Gasteiger partial charge in [-0.3, -0.25) is 0 Å². The Morgan fingerprint density at radius 1 is 1.50 bits per heavy atom. The molecule has 0 heterocycles. The molecule has 3 heteroatoms.